The number of aromatic amines is 1. The summed E-state index contributed by atoms with van der Waals surface area (Å²) in [6.45, 7) is 0. The molecule has 0 radical (unpaired) electrons. The summed E-state index contributed by atoms with van der Waals surface area (Å²) in [7, 11) is 0. The van der Waals surface area contributed by atoms with Crippen LogP contribution in [-0.4, -0.2) is 9.55 Å². The number of fused-ring (bicyclic) bond motifs is 20. The molecule has 81 heavy (non-hydrogen) atoms. The maximum Gasteiger partial charge on any atom is 0.0548 e. The van der Waals surface area contributed by atoms with Gasteiger partial charge in [-0.15, -0.1) is 22.7 Å². The Labute approximate surface area is 483 Å². The molecule has 0 unspecified atom stereocenters. The molecule has 18 rings (SSSR count). The lowest BCUT2D eigenvalue weighted by Gasteiger charge is -2.13. The zero-order chi connectivity index (χ0) is 53.5. The third kappa shape index (κ3) is 8.11. The lowest BCUT2D eigenvalue weighted by atomic mass is 9.92. The minimum Gasteiger partial charge on any atom is -0.354 e. The molecule has 0 atom stereocenters. The Morgan fingerprint density at radius 2 is 0.716 bits per heavy atom. The third-order valence-corrected chi connectivity index (χ3v) is 18.7. The first-order valence-electron chi connectivity index (χ1n) is 27.4. The lowest BCUT2D eigenvalue weighted by Crippen LogP contribution is -1.94. The van der Waals surface area contributed by atoms with Crippen LogP contribution in [0.5, 0.6) is 0 Å². The highest BCUT2D eigenvalue weighted by molar-refractivity contribution is 9.10. The summed E-state index contributed by atoms with van der Waals surface area (Å²) in [4.78, 5) is 3.46. The molecular formula is C76H47BrN2S2. The molecule has 0 aliphatic heterocycles. The molecule has 0 fully saturated rings. The van der Waals surface area contributed by atoms with Crippen LogP contribution in [0.2, 0.25) is 0 Å². The minimum absolute atomic E-state index is 1.11. The van der Waals surface area contributed by atoms with Gasteiger partial charge in [0.2, 0.25) is 0 Å². The van der Waals surface area contributed by atoms with E-state index >= 15 is 0 Å². The normalized spacial score (nSPS) is 11.8. The molecule has 2 nitrogen and oxygen atoms in total. The van der Waals surface area contributed by atoms with Crippen LogP contribution < -0.4 is 0 Å². The zero-order valence-electron chi connectivity index (χ0n) is 43.7. The summed E-state index contributed by atoms with van der Waals surface area (Å²) in [5.74, 6) is 0. The predicted molar refractivity (Wildman–Crippen MR) is 357 cm³/mol. The molecule has 0 aliphatic carbocycles. The number of nitrogens with zero attached hydrogens (tertiary/aromatic N) is 1. The van der Waals surface area contributed by atoms with E-state index in [1.54, 1.807) is 11.3 Å². The first-order chi connectivity index (χ1) is 40.1. The molecule has 4 aromatic heterocycles. The summed E-state index contributed by atoms with van der Waals surface area (Å²) in [5.41, 5.74) is 11.0. The third-order valence-electron chi connectivity index (χ3n) is 16.4. The molecule has 5 heteroatoms. The van der Waals surface area contributed by atoms with Gasteiger partial charge in [-0.3, -0.25) is 0 Å². The van der Waals surface area contributed by atoms with Crippen molar-refractivity contribution in [2.24, 2.45) is 0 Å². The molecule has 380 valence electrons. The van der Waals surface area contributed by atoms with Crippen molar-refractivity contribution in [3.63, 3.8) is 0 Å². The van der Waals surface area contributed by atoms with Crippen LogP contribution in [0.3, 0.4) is 0 Å². The number of thiophene rings is 2. The number of H-pyrrole nitrogens is 1. The van der Waals surface area contributed by atoms with Crippen molar-refractivity contribution in [3.05, 3.63) is 282 Å². The van der Waals surface area contributed by atoms with Gasteiger partial charge in [0.05, 0.1) is 11.0 Å². The monoisotopic (exact) mass is 1130 g/mol. The second-order valence-corrected chi connectivity index (χ2v) is 23.8. The van der Waals surface area contributed by atoms with Crippen molar-refractivity contribution in [3.8, 4) is 27.9 Å². The zero-order valence-corrected chi connectivity index (χ0v) is 46.9. The van der Waals surface area contributed by atoms with Gasteiger partial charge < -0.3 is 9.55 Å². The van der Waals surface area contributed by atoms with Gasteiger partial charge in [0, 0.05) is 52.1 Å². The van der Waals surface area contributed by atoms with Crippen molar-refractivity contribution in [1.29, 1.82) is 0 Å². The number of rotatable bonds is 3. The number of benzene rings is 14. The molecule has 14 aromatic carbocycles. The molecule has 0 bridgehead atoms. The van der Waals surface area contributed by atoms with Crippen LogP contribution in [0.1, 0.15) is 0 Å². The van der Waals surface area contributed by atoms with E-state index in [0.29, 0.717) is 0 Å². The molecule has 0 spiro atoms. The fourth-order valence-electron chi connectivity index (χ4n) is 12.7. The van der Waals surface area contributed by atoms with E-state index in [4.69, 9.17) is 0 Å². The largest absolute Gasteiger partial charge is 0.354 e. The van der Waals surface area contributed by atoms with Gasteiger partial charge in [0.15, 0.2) is 0 Å². The van der Waals surface area contributed by atoms with E-state index in [2.05, 4.69) is 303 Å². The van der Waals surface area contributed by atoms with Crippen molar-refractivity contribution >= 4 is 167 Å². The Kier molecular flexibility index (Phi) is 11.4. The van der Waals surface area contributed by atoms with Gasteiger partial charge in [-0.05, 0) is 193 Å². The highest BCUT2D eigenvalue weighted by Crippen LogP contribution is 2.41. The fourth-order valence-corrected chi connectivity index (χ4v) is 14.7. The first-order valence-corrected chi connectivity index (χ1v) is 29.9. The average molecular weight is 1130 g/mol. The summed E-state index contributed by atoms with van der Waals surface area (Å²) in [6, 6.07) is 97.1. The van der Waals surface area contributed by atoms with Gasteiger partial charge in [-0.2, -0.15) is 0 Å². The number of para-hydroxylation sites is 2. The maximum atomic E-state index is 3.58. The predicted octanol–water partition coefficient (Wildman–Crippen LogP) is 23.2. The second-order valence-electron chi connectivity index (χ2n) is 21.0. The standard InChI is InChI=1S/C38H23NS.C24H15Br.C14H9NS/c1-2-12-30-28(10-1)29-11-3-4-13-31(29)34-21-25(16-17-32(30)34)24-8-7-9-27(20-24)39-36-15-6-5-14-33(36)35-23-38-26(18-19-40-38)22-37(35)39;25-18-7-5-6-16(14-18)17-12-13-23-21-10-2-1-8-19(21)20-9-3-4-11-22(20)24(23)15-17;1-2-4-12-10(3-1)11-8-14-9(5-6-16-14)7-13(11)15-12/h1-23H;1-15H;1-8,15H. The molecule has 0 aliphatic rings. The van der Waals surface area contributed by atoms with E-state index < -0.39 is 0 Å². The Morgan fingerprint density at radius 3 is 1.28 bits per heavy atom. The van der Waals surface area contributed by atoms with Gasteiger partial charge >= 0.3 is 0 Å². The van der Waals surface area contributed by atoms with Crippen LogP contribution in [0.4, 0.5) is 0 Å². The summed E-state index contributed by atoms with van der Waals surface area (Å²) in [5, 5.41) is 27.9. The Bertz CT molecular complexity index is 5450. The topological polar surface area (TPSA) is 20.7 Å². The van der Waals surface area contributed by atoms with Crippen LogP contribution in [0, 0.1) is 0 Å². The number of nitrogens with one attached hydrogen (secondary N) is 1. The lowest BCUT2D eigenvalue weighted by molar-refractivity contribution is 1.18. The molecule has 0 saturated carbocycles. The van der Waals surface area contributed by atoms with E-state index in [1.165, 1.54) is 156 Å². The van der Waals surface area contributed by atoms with Crippen molar-refractivity contribution in [1.82, 2.24) is 9.55 Å². The molecule has 4 heterocycles. The smallest absolute Gasteiger partial charge is 0.0548 e. The first kappa shape index (κ1) is 47.6. The number of halogens is 1. The van der Waals surface area contributed by atoms with E-state index in [-0.39, 0.29) is 0 Å². The van der Waals surface area contributed by atoms with Crippen LogP contribution in [-0.2, 0) is 0 Å². The van der Waals surface area contributed by atoms with E-state index in [1.807, 2.05) is 11.3 Å². The van der Waals surface area contributed by atoms with Crippen molar-refractivity contribution in [2.45, 2.75) is 0 Å². The summed E-state index contributed by atoms with van der Waals surface area (Å²) in [6.07, 6.45) is 0. The summed E-state index contributed by atoms with van der Waals surface area (Å²) >= 11 is 7.19. The molecule has 0 amide bonds. The van der Waals surface area contributed by atoms with Crippen molar-refractivity contribution < 1.29 is 0 Å². The van der Waals surface area contributed by atoms with Crippen LogP contribution >= 0.6 is 38.6 Å². The van der Waals surface area contributed by atoms with Gasteiger partial charge in [0.1, 0.15) is 0 Å². The summed E-state index contributed by atoms with van der Waals surface area (Å²) < 4.78 is 6.22. The molecular weight excluding hydrogens is 1080 g/mol. The Morgan fingerprint density at radius 1 is 0.272 bits per heavy atom. The average Bonchev–Trinajstić information content (AvgIpc) is 4.51. The van der Waals surface area contributed by atoms with Crippen LogP contribution in [0.15, 0.2) is 282 Å². The number of hydrogen-bond acceptors (Lipinski definition) is 2. The number of aromatic nitrogens is 2. The SMILES string of the molecule is Brc1cccc(-c2ccc3c4ccccc4c4ccccc4c3c2)c1.c1cc(-c2ccc3c4ccccc4c4ccccc4c3c2)cc(-n2c3ccccc3c3cc4sccc4cc32)c1.c1ccc2c(c1)[nH]c1cc3ccsc3cc12. The Balaban J connectivity index is 0.000000112. The second kappa shape index (κ2) is 19.5. The highest BCUT2D eigenvalue weighted by atomic mass is 79.9. The number of hydrogen-bond donors (Lipinski definition) is 1. The molecule has 1 N–H and O–H groups in total. The highest BCUT2D eigenvalue weighted by Gasteiger charge is 2.16. The molecule has 0 saturated heterocycles. The van der Waals surface area contributed by atoms with E-state index in [0.717, 1.165) is 4.47 Å². The van der Waals surface area contributed by atoms with Gasteiger partial charge in [-0.25, -0.2) is 0 Å². The minimum atomic E-state index is 1.11. The van der Waals surface area contributed by atoms with Gasteiger partial charge in [-0.1, -0.05) is 198 Å². The maximum absolute atomic E-state index is 3.58. The Hall–Kier alpha value is -9.36. The molecule has 18 aromatic rings. The van der Waals surface area contributed by atoms with Crippen LogP contribution in [0.25, 0.3) is 156 Å². The van der Waals surface area contributed by atoms with Crippen molar-refractivity contribution in [2.75, 3.05) is 0 Å². The quantitative estimate of drug-likeness (QED) is 0.170. The fraction of sp³-hybridized carbons (Fsp3) is 0. The van der Waals surface area contributed by atoms with Gasteiger partial charge in [0.25, 0.3) is 0 Å². The van der Waals surface area contributed by atoms with E-state index in [9.17, 15) is 0 Å².